The molecule has 5 atom stereocenters. The average Bonchev–Trinajstić information content (AvgIpc) is 3.68. The molecule has 6 N–H and O–H groups in total. The number of aliphatic hydroxyl groups is 1. The minimum absolute atomic E-state index is 0.0610. The van der Waals surface area contributed by atoms with Gasteiger partial charge in [0.15, 0.2) is 0 Å². The molecule has 1 saturated heterocycles. The SMILES string of the molecule is COCCNC(=O)[C@@H]1Cc2ccccc2CNC(=O)/C=C/C(O)N2CCC[C@H](C2)C(=O)N[C@@H](Cc2ccco2)C(=O)NCc2ccccc2CC(=O)N1. The maximum absolute atomic E-state index is 13.7. The van der Waals surface area contributed by atoms with Crippen LogP contribution in [0.4, 0.5) is 0 Å². The van der Waals surface area contributed by atoms with Gasteiger partial charge in [0.05, 0.1) is 25.2 Å². The van der Waals surface area contributed by atoms with Crippen LogP contribution in [0.2, 0.25) is 0 Å². The maximum Gasteiger partial charge on any atom is 0.244 e. The number of hydrogen-bond donors (Lipinski definition) is 6. The third-order valence-electron chi connectivity index (χ3n) is 9.41. The number of aliphatic hydroxyl groups excluding tert-OH is 1. The molecule has 14 nitrogen and oxygen atoms in total. The zero-order valence-electron chi connectivity index (χ0n) is 29.8. The molecule has 53 heavy (non-hydrogen) atoms. The molecule has 0 aliphatic carbocycles. The Bertz CT molecular complexity index is 1740. The fourth-order valence-electron chi connectivity index (χ4n) is 6.51. The van der Waals surface area contributed by atoms with Gasteiger partial charge >= 0.3 is 0 Å². The number of hydrogen-bond acceptors (Lipinski definition) is 9. The maximum atomic E-state index is 13.7. The summed E-state index contributed by atoms with van der Waals surface area (Å²) in [5, 5.41) is 25.3. The van der Waals surface area contributed by atoms with Crippen LogP contribution in [0.3, 0.4) is 0 Å². The molecule has 14 heteroatoms. The highest BCUT2D eigenvalue weighted by Crippen LogP contribution is 2.20. The third kappa shape index (κ3) is 11.6. The van der Waals surface area contributed by atoms with Crippen LogP contribution in [0.25, 0.3) is 0 Å². The number of amides is 5. The van der Waals surface area contributed by atoms with Crippen molar-refractivity contribution in [2.24, 2.45) is 5.92 Å². The molecule has 3 aromatic rings. The Kier molecular flexibility index (Phi) is 14.3. The van der Waals surface area contributed by atoms with Crippen LogP contribution < -0.4 is 26.6 Å². The van der Waals surface area contributed by atoms with Crippen LogP contribution in [0.15, 0.2) is 83.5 Å². The number of nitrogens with one attached hydrogen (secondary N) is 5. The molecule has 2 bridgehead atoms. The summed E-state index contributed by atoms with van der Waals surface area (Å²) in [6.07, 6.45) is 4.42. The van der Waals surface area contributed by atoms with E-state index in [-0.39, 0.29) is 51.3 Å². The Morgan fingerprint density at radius 3 is 2.38 bits per heavy atom. The van der Waals surface area contributed by atoms with E-state index in [9.17, 15) is 29.1 Å². The topological polar surface area (TPSA) is 191 Å². The van der Waals surface area contributed by atoms with Crippen molar-refractivity contribution in [2.45, 2.75) is 63.5 Å². The Hall–Kier alpha value is -5.31. The number of carbonyl (C=O) groups excluding carboxylic acids is 5. The molecule has 0 saturated carbocycles. The van der Waals surface area contributed by atoms with Crippen LogP contribution in [0.5, 0.6) is 0 Å². The summed E-state index contributed by atoms with van der Waals surface area (Å²) >= 11 is 0. The van der Waals surface area contributed by atoms with E-state index in [1.54, 1.807) is 35.2 Å². The summed E-state index contributed by atoms with van der Waals surface area (Å²) in [5.74, 6) is -1.98. The second-order valence-electron chi connectivity index (χ2n) is 13.2. The van der Waals surface area contributed by atoms with Crippen molar-refractivity contribution < 1.29 is 38.2 Å². The van der Waals surface area contributed by atoms with E-state index in [2.05, 4.69) is 26.6 Å². The first-order chi connectivity index (χ1) is 25.7. The number of piperidine rings is 1. The molecule has 5 rings (SSSR count). The summed E-state index contributed by atoms with van der Waals surface area (Å²) < 4.78 is 10.6. The normalized spacial score (nSPS) is 24.2. The minimum Gasteiger partial charge on any atom is -0.469 e. The molecule has 1 aromatic heterocycles. The number of benzene rings is 2. The second-order valence-corrected chi connectivity index (χ2v) is 13.2. The fourth-order valence-corrected chi connectivity index (χ4v) is 6.51. The van der Waals surface area contributed by atoms with Crippen molar-refractivity contribution in [3.63, 3.8) is 0 Å². The van der Waals surface area contributed by atoms with Gasteiger partial charge in [-0.3, -0.25) is 28.9 Å². The highest BCUT2D eigenvalue weighted by atomic mass is 16.5. The van der Waals surface area contributed by atoms with Crippen molar-refractivity contribution in [1.29, 1.82) is 0 Å². The van der Waals surface area contributed by atoms with Crippen molar-refractivity contribution in [3.8, 4) is 0 Å². The number of ether oxygens (including phenoxy) is 1. The molecule has 0 spiro atoms. The highest BCUT2D eigenvalue weighted by Gasteiger charge is 2.32. The Morgan fingerprint density at radius 2 is 1.64 bits per heavy atom. The molecule has 3 heterocycles. The van der Waals surface area contributed by atoms with E-state index in [0.29, 0.717) is 42.9 Å². The molecule has 0 radical (unpaired) electrons. The molecule has 2 aliphatic heterocycles. The second kappa shape index (κ2) is 19.5. The molecule has 2 unspecified atom stereocenters. The van der Waals surface area contributed by atoms with E-state index in [1.807, 2.05) is 30.3 Å². The first kappa shape index (κ1) is 38.9. The van der Waals surface area contributed by atoms with Crippen molar-refractivity contribution in [1.82, 2.24) is 31.5 Å². The largest absolute Gasteiger partial charge is 0.469 e. The molecule has 282 valence electrons. The van der Waals surface area contributed by atoms with Gasteiger partial charge in [-0.25, -0.2) is 0 Å². The smallest absolute Gasteiger partial charge is 0.244 e. The fraction of sp³-hybridized carbons (Fsp3) is 0.410. The summed E-state index contributed by atoms with van der Waals surface area (Å²) in [5.41, 5.74) is 2.86. The van der Waals surface area contributed by atoms with E-state index in [0.717, 1.165) is 11.1 Å². The van der Waals surface area contributed by atoms with Gasteiger partial charge in [-0.15, -0.1) is 0 Å². The highest BCUT2D eigenvalue weighted by molar-refractivity contribution is 5.90. The van der Waals surface area contributed by atoms with Crippen molar-refractivity contribution in [2.75, 3.05) is 33.4 Å². The Labute approximate surface area is 308 Å². The summed E-state index contributed by atoms with van der Waals surface area (Å²) in [4.78, 5) is 68.7. The number of furan rings is 1. The molecule has 5 amide bonds. The van der Waals surface area contributed by atoms with Crippen LogP contribution in [0.1, 0.15) is 40.9 Å². The number of methoxy groups -OCH3 is 1. The zero-order chi connectivity index (χ0) is 37.6. The quantitative estimate of drug-likeness (QED) is 0.200. The number of fused-ring (bicyclic) bond motifs is 4. The van der Waals surface area contributed by atoms with Crippen LogP contribution >= 0.6 is 0 Å². The van der Waals surface area contributed by atoms with Gasteiger partial charge in [-0.2, -0.15) is 0 Å². The monoisotopic (exact) mass is 728 g/mol. The van der Waals surface area contributed by atoms with Crippen LogP contribution in [-0.4, -0.2) is 91.2 Å². The van der Waals surface area contributed by atoms with Crippen LogP contribution in [0, 0.1) is 5.92 Å². The lowest BCUT2D eigenvalue weighted by atomic mass is 9.96. The van der Waals surface area contributed by atoms with E-state index in [4.69, 9.17) is 9.15 Å². The Balaban J connectivity index is 1.42. The van der Waals surface area contributed by atoms with E-state index >= 15 is 0 Å². The lowest BCUT2D eigenvalue weighted by Crippen LogP contribution is -2.52. The van der Waals surface area contributed by atoms with Crippen LogP contribution in [-0.2, 0) is 61.1 Å². The van der Waals surface area contributed by atoms with Gasteiger partial charge in [-0.1, -0.05) is 48.5 Å². The molecule has 2 aromatic carbocycles. The first-order valence-electron chi connectivity index (χ1n) is 17.9. The van der Waals surface area contributed by atoms with Gasteiger partial charge < -0.3 is 40.8 Å². The molecular weight excluding hydrogens is 680 g/mol. The zero-order valence-corrected chi connectivity index (χ0v) is 29.8. The van der Waals surface area contributed by atoms with E-state index < -0.39 is 47.9 Å². The van der Waals surface area contributed by atoms with Gasteiger partial charge in [0.25, 0.3) is 0 Å². The summed E-state index contributed by atoms with van der Waals surface area (Å²) in [7, 11) is 1.53. The van der Waals surface area contributed by atoms with E-state index in [1.165, 1.54) is 25.5 Å². The number of carbonyl (C=O) groups is 5. The standard InChI is InChI=1S/C39H48N6O8/c1-52-19-16-40-38(50)32-20-26-8-2-4-10-28(26)23-41-34(46)14-15-36(48)45-17-6-12-30(25-45)37(49)44-33(22-31-13-7-18-53-31)39(51)42-24-29-11-5-3-9-27(29)21-35(47)43-32/h2-5,7-11,13-15,18,30,32-33,36,48H,6,12,16-17,19-25H2,1H3,(H,40,50)(H,41,46)(H,42,51)(H,43,47)(H,44,49)/b15-14+/t30-,32+,33+,36?/m1/s1. The lowest BCUT2D eigenvalue weighted by molar-refractivity contribution is -0.133. The van der Waals surface area contributed by atoms with Gasteiger partial charge in [0.1, 0.15) is 24.1 Å². The van der Waals surface area contributed by atoms with Gasteiger partial charge in [0, 0.05) is 58.8 Å². The average molecular weight is 729 g/mol. The first-order valence-corrected chi connectivity index (χ1v) is 17.9. The van der Waals surface area contributed by atoms with Gasteiger partial charge in [-0.05, 0) is 53.3 Å². The third-order valence-corrected chi connectivity index (χ3v) is 9.41. The summed E-state index contributed by atoms with van der Waals surface area (Å²) in [6, 6.07) is 16.0. The Morgan fingerprint density at radius 1 is 0.925 bits per heavy atom. The molecule has 2 aliphatic rings. The lowest BCUT2D eigenvalue weighted by Gasteiger charge is -2.34. The van der Waals surface area contributed by atoms with Crippen molar-refractivity contribution >= 4 is 29.5 Å². The predicted octanol–water partition coefficient (Wildman–Crippen LogP) is 0.872. The minimum atomic E-state index is -1.11. The van der Waals surface area contributed by atoms with Gasteiger partial charge in [0.2, 0.25) is 29.5 Å². The predicted molar refractivity (Wildman–Crippen MR) is 195 cm³/mol. The summed E-state index contributed by atoms with van der Waals surface area (Å²) in [6.45, 7) is 1.53. The molecule has 1 fully saturated rings. The number of nitrogens with zero attached hydrogens (tertiary/aromatic N) is 1. The van der Waals surface area contributed by atoms with Crippen molar-refractivity contribution in [3.05, 3.63) is 107 Å². The molecular formula is C39H48N6O8. The number of rotatable bonds is 6.